The second-order valence-corrected chi connectivity index (χ2v) is 13.8. The molecule has 2 N–H and O–H groups in total. The Morgan fingerprint density at radius 2 is 1.66 bits per heavy atom. The van der Waals surface area contributed by atoms with Crippen LogP contribution in [0, 0.1) is 0 Å². The van der Waals surface area contributed by atoms with Crippen molar-refractivity contribution in [3.8, 4) is 0 Å². The van der Waals surface area contributed by atoms with Crippen LogP contribution in [0.15, 0.2) is 101 Å². The van der Waals surface area contributed by atoms with Crippen molar-refractivity contribution in [1.29, 1.82) is 0 Å². The van der Waals surface area contributed by atoms with Gasteiger partial charge in [-0.25, -0.2) is 0 Å². The molecule has 0 radical (unpaired) electrons. The van der Waals surface area contributed by atoms with Gasteiger partial charge in [0, 0.05) is 24.2 Å². The van der Waals surface area contributed by atoms with Crippen molar-refractivity contribution in [3.63, 3.8) is 0 Å². The van der Waals surface area contributed by atoms with Gasteiger partial charge in [-0.05, 0) is 70.6 Å². The first kappa shape index (κ1) is 27.3. The van der Waals surface area contributed by atoms with Gasteiger partial charge in [0.25, 0.3) is 0 Å². The van der Waals surface area contributed by atoms with Crippen molar-refractivity contribution >= 4 is 31.7 Å². The van der Waals surface area contributed by atoms with E-state index >= 15 is 0 Å². The van der Waals surface area contributed by atoms with E-state index in [1.54, 1.807) is 10.3 Å². The lowest BCUT2D eigenvalue weighted by Crippen LogP contribution is -2.46. The number of fused-ring (bicyclic) bond motifs is 1. The number of allylic oxidation sites excluding steroid dienone is 1. The lowest BCUT2D eigenvalue weighted by atomic mass is 10.2. The molecule has 0 fully saturated rings. The first-order valence-electron chi connectivity index (χ1n) is 12.5. The second kappa shape index (κ2) is 12.2. The van der Waals surface area contributed by atoms with Crippen LogP contribution in [0.4, 0.5) is 11.4 Å². The van der Waals surface area contributed by atoms with E-state index in [1.807, 2.05) is 78.9 Å². The molecule has 0 saturated heterocycles. The third kappa shape index (κ3) is 6.97. The number of unbranched alkanes of at least 4 members (excludes halogenated alkanes) is 1. The number of benzene rings is 3. The molecule has 4 rings (SSSR count). The number of nitrogens with zero attached hydrogens (tertiary/aromatic N) is 5. The van der Waals surface area contributed by atoms with E-state index in [9.17, 15) is 4.21 Å². The van der Waals surface area contributed by atoms with E-state index in [2.05, 4.69) is 27.1 Å². The lowest BCUT2D eigenvalue weighted by Gasteiger charge is -2.38. The Morgan fingerprint density at radius 3 is 2.39 bits per heavy atom. The highest BCUT2D eigenvalue weighted by atomic mass is 32.3. The number of para-hydroxylation sites is 1. The highest BCUT2D eigenvalue weighted by molar-refractivity contribution is 8.17. The Hall–Kier alpha value is -3.73. The maximum atomic E-state index is 14.9. The minimum Gasteiger partial charge on any atom is -0.343 e. The van der Waals surface area contributed by atoms with Gasteiger partial charge >= 0.3 is 0 Å². The predicted octanol–water partition coefficient (Wildman–Crippen LogP) is 5.85. The van der Waals surface area contributed by atoms with Gasteiger partial charge in [-0.15, -0.1) is 5.10 Å². The molecule has 200 valence electrons. The van der Waals surface area contributed by atoms with Crippen molar-refractivity contribution in [1.82, 2.24) is 14.4 Å². The van der Waals surface area contributed by atoms with Crippen LogP contribution in [0.2, 0.25) is 0 Å². The Balaban J connectivity index is 1.52. The van der Waals surface area contributed by atoms with Crippen molar-refractivity contribution < 1.29 is 14.0 Å². The number of rotatable bonds is 14. The minimum absolute atomic E-state index is 0.0926. The summed E-state index contributed by atoms with van der Waals surface area (Å²) in [6, 6.07) is 24.6. The van der Waals surface area contributed by atoms with Gasteiger partial charge in [0.1, 0.15) is 23.4 Å². The Kier molecular flexibility index (Phi) is 8.77. The van der Waals surface area contributed by atoms with Crippen LogP contribution < -0.4 is 5.73 Å². The number of hydrogen-bond donors (Lipinski definition) is 1. The summed E-state index contributed by atoms with van der Waals surface area (Å²) in [5.41, 5.74) is 9.26. The van der Waals surface area contributed by atoms with Crippen molar-refractivity contribution in [2.75, 3.05) is 25.2 Å². The number of nitrogens with two attached hydrogens (primary N) is 1. The van der Waals surface area contributed by atoms with Crippen molar-refractivity contribution in [2.24, 2.45) is 16.0 Å². The van der Waals surface area contributed by atoms with Crippen LogP contribution in [0.25, 0.3) is 11.0 Å². The normalized spacial score (nSPS) is 12.9. The standard InChI is InChI=1S/C28H34N6O3S/c1-23(10-8-9-19-29)37-36-20-21-38(2,35,34-28-14-7-6-13-27(28)32-33-34)22-24-15-17-26(18-16-24)31-30-25-11-4-3-5-12-25/h3-7,11-18H,1,8-10,19-22,29H2,2H3. The molecule has 4 aromatic rings. The maximum Gasteiger partial charge on any atom is 0.135 e. The Bertz CT molecular complexity index is 1450. The maximum absolute atomic E-state index is 14.9. The molecule has 38 heavy (non-hydrogen) atoms. The molecule has 1 aromatic heterocycles. The molecule has 0 aliphatic carbocycles. The number of aromatic nitrogens is 3. The lowest BCUT2D eigenvalue weighted by molar-refractivity contribution is -0.259. The van der Waals surface area contributed by atoms with Gasteiger partial charge in [-0.2, -0.15) is 19.2 Å². The average molecular weight is 535 g/mol. The smallest absolute Gasteiger partial charge is 0.135 e. The van der Waals surface area contributed by atoms with Gasteiger partial charge in [0.2, 0.25) is 0 Å². The molecular weight excluding hydrogens is 500 g/mol. The molecule has 0 bridgehead atoms. The fourth-order valence-electron chi connectivity index (χ4n) is 4.02. The quantitative estimate of drug-likeness (QED) is 0.0713. The third-order valence-corrected chi connectivity index (χ3v) is 9.63. The molecule has 10 heteroatoms. The Labute approximate surface area is 222 Å². The Morgan fingerprint density at radius 1 is 0.974 bits per heavy atom. The molecule has 0 saturated carbocycles. The van der Waals surface area contributed by atoms with E-state index in [1.165, 1.54) is 0 Å². The van der Waals surface area contributed by atoms with Crippen LogP contribution in [-0.2, 0) is 24.8 Å². The topological polar surface area (TPSA) is 117 Å². The van der Waals surface area contributed by atoms with Crippen molar-refractivity contribution in [2.45, 2.75) is 25.0 Å². The largest absolute Gasteiger partial charge is 0.343 e. The van der Waals surface area contributed by atoms with E-state index < -0.39 is 9.25 Å². The fourth-order valence-corrected chi connectivity index (χ4v) is 6.96. The van der Waals surface area contributed by atoms with E-state index in [0.29, 0.717) is 35.4 Å². The van der Waals surface area contributed by atoms with Gasteiger partial charge in [0.15, 0.2) is 0 Å². The molecule has 0 aliphatic heterocycles. The van der Waals surface area contributed by atoms with Crippen LogP contribution in [0.5, 0.6) is 0 Å². The first-order chi connectivity index (χ1) is 18.4. The van der Waals surface area contributed by atoms with Gasteiger partial charge < -0.3 is 10.6 Å². The van der Waals surface area contributed by atoms with Crippen LogP contribution >= 0.6 is 0 Å². The minimum atomic E-state index is -3.67. The van der Waals surface area contributed by atoms with Gasteiger partial charge in [-0.1, -0.05) is 54.3 Å². The van der Waals surface area contributed by atoms with Crippen LogP contribution in [0.3, 0.4) is 0 Å². The molecule has 0 atom stereocenters. The second-order valence-electron chi connectivity index (χ2n) is 9.39. The van der Waals surface area contributed by atoms with E-state index in [0.717, 1.165) is 24.1 Å². The molecule has 0 spiro atoms. The van der Waals surface area contributed by atoms with Crippen LogP contribution in [-0.4, -0.2) is 43.8 Å². The van der Waals surface area contributed by atoms with Gasteiger partial charge in [0.05, 0.1) is 11.4 Å². The van der Waals surface area contributed by atoms with Gasteiger partial charge in [-0.3, -0.25) is 4.21 Å². The predicted molar refractivity (Wildman–Crippen MR) is 152 cm³/mol. The molecular formula is C28H34N6O3S. The fraction of sp³-hybridized carbons (Fsp3) is 0.286. The first-order valence-corrected chi connectivity index (χ1v) is 15.2. The zero-order chi connectivity index (χ0) is 26.9. The monoisotopic (exact) mass is 534 g/mol. The molecule has 1 heterocycles. The zero-order valence-corrected chi connectivity index (χ0v) is 22.4. The summed E-state index contributed by atoms with van der Waals surface area (Å²) in [5, 5.41) is 17.1. The summed E-state index contributed by atoms with van der Waals surface area (Å²) in [6.45, 7) is 4.59. The highest BCUT2D eigenvalue weighted by Crippen LogP contribution is 2.33. The number of hydrogen-bond acceptors (Lipinski definition) is 8. The molecule has 0 amide bonds. The SMILES string of the molecule is C=C(CCCCN)OOCCS(C)(=O)(Cc1ccc(N=Nc2ccccc2)cc1)n1nnc2ccccc21. The zero-order valence-electron chi connectivity index (χ0n) is 21.6. The molecule has 9 nitrogen and oxygen atoms in total. The molecule has 0 unspecified atom stereocenters. The molecule has 0 aliphatic rings. The van der Waals surface area contributed by atoms with E-state index in [-0.39, 0.29) is 18.1 Å². The highest BCUT2D eigenvalue weighted by Gasteiger charge is 2.36. The average Bonchev–Trinajstić information content (AvgIpc) is 3.38. The number of azo groups is 1. The van der Waals surface area contributed by atoms with E-state index in [4.69, 9.17) is 15.5 Å². The molecule has 3 aromatic carbocycles. The summed E-state index contributed by atoms with van der Waals surface area (Å²) in [5.74, 6) is 0.932. The third-order valence-electron chi connectivity index (χ3n) is 6.10. The van der Waals surface area contributed by atoms with Crippen LogP contribution in [0.1, 0.15) is 24.8 Å². The van der Waals surface area contributed by atoms with Crippen molar-refractivity contribution in [3.05, 3.63) is 96.8 Å². The summed E-state index contributed by atoms with van der Waals surface area (Å²) >= 11 is 0. The summed E-state index contributed by atoms with van der Waals surface area (Å²) in [7, 11) is -3.67. The summed E-state index contributed by atoms with van der Waals surface area (Å²) in [4.78, 5) is 10.8. The summed E-state index contributed by atoms with van der Waals surface area (Å²) < 4.78 is 16.5. The summed E-state index contributed by atoms with van der Waals surface area (Å²) in [6.07, 6.45) is 4.15.